The minimum atomic E-state index is -3.53. The highest BCUT2D eigenvalue weighted by Gasteiger charge is 2.22. The van der Waals surface area contributed by atoms with Gasteiger partial charge in [0.05, 0.1) is 23.4 Å². The second-order valence-corrected chi connectivity index (χ2v) is 11.5. The number of aromatic nitrogens is 6. The number of para-hydroxylation sites is 1. The van der Waals surface area contributed by atoms with Crippen LogP contribution in [0.25, 0.3) is 33.4 Å². The standard InChI is InChI=1S/C28H26N8O4S/c1-16-11-12-35-24(16)28(38)36(19-7-5-4-6-8-19)27(33-35)17(2)32-26-23-21(14-29-25(23)30-15-31-26)20-13-18(9-10-22(20)37)34-41(3,39)40/h4-15,17,34,37H,1-3H3,(H2,29,30,31,32)/t17-/m0/s1. The van der Waals surface area contributed by atoms with Gasteiger partial charge in [-0.2, -0.15) is 5.10 Å². The average molecular weight is 571 g/mol. The number of benzene rings is 2. The Labute approximate surface area is 234 Å². The number of sulfonamides is 1. The lowest BCUT2D eigenvalue weighted by molar-refractivity contribution is 0.477. The highest BCUT2D eigenvalue weighted by molar-refractivity contribution is 7.92. The number of nitrogens with one attached hydrogen (secondary N) is 3. The van der Waals surface area contributed by atoms with Gasteiger partial charge in [-0.05, 0) is 55.8 Å². The van der Waals surface area contributed by atoms with Gasteiger partial charge in [-0.15, -0.1) is 0 Å². The summed E-state index contributed by atoms with van der Waals surface area (Å²) in [5, 5.41) is 19.5. The van der Waals surface area contributed by atoms with E-state index in [-0.39, 0.29) is 11.3 Å². The van der Waals surface area contributed by atoms with Crippen LogP contribution in [0.15, 0.2) is 78.1 Å². The molecular formula is C28H26N8O4S. The molecule has 13 heteroatoms. The number of phenols is 1. The molecule has 1 atom stereocenters. The van der Waals surface area contributed by atoms with Gasteiger partial charge in [-0.3, -0.25) is 14.1 Å². The second kappa shape index (κ2) is 9.78. The van der Waals surface area contributed by atoms with Crippen molar-refractivity contribution >= 4 is 38.1 Å². The number of nitrogens with zero attached hydrogens (tertiary/aromatic N) is 5. The fourth-order valence-electron chi connectivity index (χ4n) is 4.92. The van der Waals surface area contributed by atoms with E-state index in [2.05, 4.69) is 25.0 Å². The molecule has 41 heavy (non-hydrogen) atoms. The van der Waals surface area contributed by atoms with Crippen molar-refractivity contribution in [1.29, 1.82) is 0 Å². The molecule has 208 valence electrons. The van der Waals surface area contributed by atoms with Crippen LogP contribution in [0.1, 0.15) is 24.4 Å². The molecular weight excluding hydrogens is 544 g/mol. The summed E-state index contributed by atoms with van der Waals surface area (Å²) < 4.78 is 29.2. The summed E-state index contributed by atoms with van der Waals surface area (Å²) >= 11 is 0. The molecule has 0 aliphatic carbocycles. The molecule has 0 saturated heterocycles. The Morgan fingerprint density at radius 1 is 1.05 bits per heavy atom. The van der Waals surface area contributed by atoms with Crippen LogP contribution >= 0.6 is 0 Å². The Morgan fingerprint density at radius 2 is 1.83 bits per heavy atom. The third-order valence-electron chi connectivity index (χ3n) is 6.73. The van der Waals surface area contributed by atoms with Crippen molar-refractivity contribution in [1.82, 2.24) is 29.1 Å². The maximum Gasteiger partial charge on any atom is 0.282 e. The van der Waals surface area contributed by atoms with Crippen LogP contribution in [0, 0.1) is 6.92 Å². The Hall–Kier alpha value is -5.17. The molecule has 12 nitrogen and oxygen atoms in total. The lowest BCUT2D eigenvalue weighted by Crippen LogP contribution is -2.29. The molecule has 0 aliphatic rings. The number of hydrogen-bond donors (Lipinski definition) is 4. The van der Waals surface area contributed by atoms with E-state index in [1.165, 1.54) is 24.5 Å². The smallest absolute Gasteiger partial charge is 0.282 e. The summed E-state index contributed by atoms with van der Waals surface area (Å²) in [6.07, 6.45) is 5.87. The number of phenolic OH excluding ortho intramolecular Hbond substituents is 1. The van der Waals surface area contributed by atoms with E-state index in [1.807, 2.05) is 50.2 Å². The van der Waals surface area contributed by atoms with Crippen molar-refractivity contribution < 1.29 is 13.5 Å². The molecule has 0 saturated carbocycles. The zero-order valence-corrected chi connectivity index (χ0v) is 23.1. The first-order chi connectivity index (χ1) is 19.6. The van der Waals surface area contributed by atoms with Crippen LogP contribution in [0.4, 0.5) is 11.5 Å². The largest absolute Gasteiger partial charge is 0.507 e. The number of fused-ring (bicyclic) bond motifs is 2. The first-order valence-corrected chi connectivity index (χ1v) is 14.6. The first kappa shape index (κ1) is 26.1. The summed E-state index contributed by atoms with van der Waals surface area (Å²) in [5.41, 5.74) is 3.49. The Morgan fingerprint density at radius 3 is 2.59 bits per heavy atom. The number of H-pyrrole nitrogens is 1. The van der Waals surface area contributed by atoms with E-state index in [1.54, 1.807) is 21.5 Å². The van der Waals surface area contributed by atoms with Crippen LogP contribution in [-0.2, 0) is 10.0 Å². The maximum absolute atomic E-state index is 13.7. The fourth-order valence-corrected chi connectivity index (χ4v) is 5.48. The van der Waals surface area contributed by atoms with E-state index < -0.39 is 16.1 Å². The van der Waals surface area contributed by atoms with Crippen LogP contribution in [0.5, 0.6) is 5.75 Å². The Balaban J connectivity index is 1.48. The summed E-state index contributed by atoms with van der Waals surface area (Å²) in [7, 11) is -3.53. The van der Waals surface area contributed by atoms with Gasteiger partial charge in [0.1, 0.15) is 29.1 Å². The van der Waals surface area contributed by atoms with E-state index in [9.17, 15) is 18.3 Å². The molecule has 0 unspecified atom stereocenters. The Bertz CT molecular complexity index is 2100. The number of aromatic hydroxyl groups is 1. The molecule has 6 aromatic rings. The molecule has 0 amide bonds. The Kier molecular flexibility index (Phi) is 6.22. The van der Waals surface area contributed by atoms with E-state index >= 15 is 0 Å². The highest BCUT2D eigenvalue weighted by atomic mass is 32.2. The van der Waals surface area contributed by atoms with Crippen molar-refractivity contribution in [3.05, 3.63) is 95.1 Å². The van der Waals surface area contributed by atoms with Gasteiger partial charge >= 0.3 is 0 Å². The molecule has 4 aromatic heterocycles. The molecule has 0 radical (unpaired) electrons. The number of aromatic amines is 1. The van der Waals surface area contributed by atoms with Gasteiger partial charge in [0.25, 0.3) is 5.56 Å². The summed E-state index contributed by atoms with van der Waals surface area (Å²) in [4.78, 5) is 25.6. The lowest BCUT2D eigenvalue weighted by atomic mass is 10.0. The maximum atomic E-state index is 13.7. The minimum absolute atomic E-state index is 0.0548. The van der Waals surface area contributed by atoms with E-state index in [0.29, 0.717) is 50.7 Å². The fraction of sp³-hybridized carbons (Fsp3) is 0.143. The number of rotatable bonds is 7. The zero-order chi connectivity index (χ0) is 28.9. The molecule has 6 rings (SSSR count). The third kappa shape index (κ3) is 4.76. The molecule has 0 spiro atoms. The summed E-state index contributed by atoms with van der Waals surface area (Å²) in [6.45, 7) is 3.74. The van der Waals surface area contributed by atoms with E-state index in [0.717, 1.165) is 11.8 Å². The number of hydrogen-bond acceptors (Lipinski definition) is 8. The topological polar surface area (TPSA) is 159 Å². The molecule has 4 heterocycles. The second-order valence-electron chi connectivity index (χ2n) is 9.75. The van der Waals surface area contributed by atoms with Gasteiger partial charge in [-0.25, -0.2) is 22.9 Å². The van der Waals surface area contributed by atoms with Crippen LogP contribution in [0.3, 0.4) is 0 Å². The average Bonchev–Trinajstić information content (AvgIpc) is 3.53. The van der Waals surface area contributed by atoms with Gasteiger partial charge in [0.15, 0.2) is 5.82 Å². The lowest BCUT2D eigenvalue weighted by Gasteiger charge is -2.20. The first-order valence-electron chi connectivity index (χ1n) is 12.7. The number of anilines is 2. The zero-order valence-electron chi connectivity index (χ0n) is 22.3. The molecule has 0 fully saturated rings. The van der Waals surface area contributed by atoms with Crippen molar-refractivity contribution in [3.63, 3.8) is 0 Å². The van der Waals surface area contributed by atoms with Gasteiger partial charge in [0, 0.05) is 29.2 Å². The van der Waals surface area contributed by atoms with Gasteiger partial charge in [-0.1, -0.05) is 18.2 Å². The number of aryl methyl sites for hydroxylation is 1. The predicted molar refractivity (Wildman–Crippen MR) is 157 cm³/mol. The minimum Gasteiger partial charge on any atom is -0.507 e. The van der Waals surface area contributed by atoms with Crippen LogP contribution in [0.2, 0.25) is 0 Å². The third-order valence-corrected chi connectivity index (χ3v) is 7.33. The molecule has 0 bridgehead atoms. The van der Waals surface area contributed by atoms with Crippen LogP contribution in [-0.4, -0.2) is 48.9 Å². The summed E-state index contributed by atoms with van der Waals surface area (Å²) in [5.74, 6) is 0.827. The molecule has 0 aliphatic heterocycles. The molecule has 2 aromatic carbocycles. The highest BCUT2D eigenvalue weighted by Crippen LogP contribution is 2.39. The van der Waals surface area contributed by atoms with Gasteiger partial charge < -0.3 is 15.4 Å². The van der Waals surface area contributed by atoms with E-state index in [4.69, 9.17) is 5.10 Å². The van der Waals surface area contributed by atoms with Crippen molar-refractivity contribution in [3.8, 4) is 22.6 Å². The predicted octanol–water partition coefficient (Wildman–Crippen LogP) is 3.98. The van der Waals surface area contributed by atoms with Crippen molar-refractivity contribution in [2.24, 2.45) is 0 Å². The molecule has 4 N–H and O–H groups in total. The SMILES string of the molecule is Cc1ccn2nc([C@H](C)Nc3ncnc4[nH]cc(-c5cc(NS(C)(=O)=O)ccc5O)c34)n(-c3ccccc3)c(=O)c12. The van der Waals surface area contributed by atoms with Crippen molar-refractivity contribution in [2.75, 3.05) is 16.3 Å². The van der Waals surface area contributed by atoms with Gasteiger partial charge in [0.2, 0.25) is 10.0 Å². The normalized spacial score (nSPS) is 12.6. The quantitative estimate of drug-likeness (QED) is 0.210. The monoisotopic (exact) mass is 570 g/mol. The summed E-state index contributed by atoms with van der Waals surface area (Å²) in [6, 6.07) is 15.1. The van der Waals surface area contributed by atoms with Crippen LogP contribution < -0.4 is 15.6 Å². The van der Waals surface area contributed by atoms with Crippen molar-refractivity contribution in [2.45, 2.75) is 19.9 Å².